The van der Waals surface area contributed by atoms with Gasteiger partial charge in [0.2, 0.25) is 0 Å². The molecule has 0 aromatic carbocycles. The molecule has 0 heterocycles. The Morgan fingerprint density at radius 1 is 0.629 bits per heavy atom. The van der Waals surface area contributed by atoms with E-state index in [-0.39, 0.29) is 0 Å². The molecule has 208 valence electrons. The number of nitrogens with zero attached hydrogens (tertiary/aromatic N) is 1. The molecule has 0 aliphatic carbocycles. The van der Waals surface area contributed by atoms with Crippen LogP contribution in [0.1, 0.15) is 161 Å². The first-order valence-electron chi connectivity index (χ1n) is 15.6. The standard InChI is InChI=1S/C32H63NO2/c1-4-5-6-20-23-26-31(29-30-33(2)3)27-24-21-18-16-14-12-10-8-7-9-11-13-15-17-19-22-25-28-32(34)35/h9,11,31H,4-8,10,12-30H2,1-3H3,(H,34,35). The molecule has 3 heteroatoms. The Morgan fingerprint density at radius 3 is 1.51 bits per heavy atom. The molecule has 35 heavy (non-hydrogen) atoms. The summed E-state index contributed by atoms with van der Waals surface area (Å²) in [6.07, 6.45) is 35.8. The first-order valence-corrected chi connectivity index (χ1v) is 15.6. The van der Waals surface area contributed by atoms with E-state index >= 15 is 0 Å². The summed E-state index contributed by atoms with van der Waals surface area (Å²) in [6, 6.07) is 0. The number of carboxylic acids is 1. The summed E-state index contributed by atoms with van der Waals surface area (Å²) in [5.41, 5.74) is 0. The fourth-order valence-corrected chi connectivity index (χ4v) is 4.97. The second kappa shape index (κ2) is 27.8. The summed E-state index contributed by atoms with van der Waals surface area (Å²) in [7, 11) is 4.43. The summed E-state index contributed by atoms with van der Waals surface area (Å²) in [6.45, 7) is 3.56. The Bertz CT molecular complexity index is 460. The third kappa shape index (κ3) is 29.3. The minimum atomic E-state index is -0.661. The highest BCUT2D eigenvalue weighted by Gasteiger charge is 2.09. The van der Waals surface area contributed by atoms with Crippen LogP contribution < -0.4 is 0 Å². The van der Waals surface area contributed by atoms with Gasteiger partial charge in [-0.3, -0.25) is 4.79 Å². The lowest BCUT2D eigenvalue weighted by molar-refractivity contribution is -0.137. The monoisotopic (exact) mass is 493 g/mol. The van der Waals surface area contributed by atoms with E-state index in [0.29, 0.717) is 6.42 Å². The lowest BCUT2D eigenvalue weighted by Crippen LogP contribution is -2.17. The maximum Gasteiger partial charge on any atom is 0.303 e. The van der Waals surface area contributed by atoms with Crippen LogP contribution in [0, 0.1) is 5.92 Å². The van der Waals surface area contributed by atoms with Crippen LogP contribution in [0.4, 0.5) is 0 Å². The van der Waals surface area contributed by atoms with Crippen molar-refractivity contribution in [2.75, 3.05) is 20.6 Å². The van der Waals surface area contributed by atoms with Crippen LogP contribution >= 0.6 is 0 Å². The topological polar surface area (TPSA) is 40.5 Å². The van der Waals surface area contributed by atoms with E-state index in [4.69, 9.17) is 5.11 Å². The summed E-state index contributed by atoms with van der Waals surface area (Å²) < 4.78 is 0. The smallest absolute Gasteiger partial charge is 0.303 e. The number of carboxylic acid groups (broad SMARTS) is 1. The number of allylic oxidation sites excluding steroid dienone is 2. The van der Waals surface area contributed by atoms with E-state index in [2.05, 4.69) is 38.1 Å². The van der Waals surface area contributed by atoms with Gasteiger partial charge in [0, 0.05) is 6.42 Å². The second-order valence-corrected chi connectivity index (χ2v) is 11.2. The average molecular weight is 494 g/mol. The van der Waals surface area contributed by atoms with Crippen molar-refractivity contribution < 1.29 is 9.90 Å². The molecule has 0 spiro atoms. The van der Waals surface area contributed by atoms with Gasteiger partial charge < -0.3 is 10.0 Å². The van der Waals surface area contributed by atoms with Crippen molar-refractivity contribution in [1.29, 1.82) is 0 Å². The van der Waals surface area contributed by atoms with Crippen LogP contribution in [0.15, 0.2) is 12.2 Å². The van der Waals surface area contributed by atoms with E-state index in [1.165, 1.54) is 141 Å². The first kappa shape index (κ1) is 34.2. The number of rotatable bonds is 28. The highest BCUT2D eigenvalue weighted by Crippen LogP contribution is 2.22. The molecule has 1 N–H and O–H groups in total. The Kier molecular flexibility index (Phi) is 27.1. The van der Waals surface area contributed by atoms with E-state index in [0.717, 1.165) is 18.8 Å². The van der Waals surface area contributed by atoms with Crippen molar-refractivity contribution in [3.05, 3.63) is 12.2 Å². The number of unbranched alkanes of at least 4 members (excludes halogenated alkanes) is 17. The highest BCUT2D eigenvalue weighted by molar-refractivity contribution is 5.66. The minimum absolute atomic E-state index is 0.330. The Balaban J connectivity index is 3.48. The molecular weight excluding hydrogens is 430 g/mol. The molecule has 0 radical (unpaired) electrons. The molecule has 0 aliphatic heterocycles. The number of aliphatic carboxylic acids is 1. The molecule has 3 nitrogen and oxygen atoms in total. The molecule has 0 saturated carbocycles. The maximum atomic E-state index is 10.5. The van der Waals surface area contributed by atoms with Crippen molar-refractivity contribution in [3.63, 3.8) is 0 Å². The molecule has 0 saturated heterocycles. The van der Waals surface area contributed by atoms with Crippen molar-refractivity contribution >= 4 is 5.97 Å². The number of hydrogen-bond donors (Lipinski definition) is 1. The Labute approximate surface area is 220 Å². The summed E-state index contributed by atoms with van der Waals surface area (Å²) >= 11 is 0. The molecule has 0 aromatic heterocycles. The zero-order chi connectivity index (χ0) is 25.8. The number of hydrogen-bond acceptors (Lipinski definition) is 2. The molecule has 0 amide bonds. The van der Waals surface area contributed by atoms with E-state index in [1.807, 2.05) is 0 Å². The lowest BCUT2D eigenvalue weighted by atomic mass is 9.91. The third-order valence-electron chi connectivity index (χ3n) is 7.36. The van der Waals surface area contributed by atoms with Gasteiger partial charge in [0.1, 0.15) is 0 Å². The van der Waals surface area contributed by atoms with Gasteiger partial charge in [-0.15, -0.1) is 0 Å². The molecular formula is C32H63NO2. The van der Waals surface area contributed by atoms with Gasteiger partial charge in [-0.25, -0.2) is 0 Å². The Hall–Kier alpha value is -0.830. The fourth-order valence-electron chi connectivity index (χ4n) is 4.97. The second-order valence-electron chi connectivity index (χ2n) is 11.2. The zero-order valence-electron chi connectivity index (χ0n) is 24.2. The Morgan fingerprint density at radius 2 is 1.06 bits per heavy atom. The highest BCUT2D eigenvalue weighted by atomic mass is 16.4. The van der Waals surface area contributed by atoms with Crippen molar-refractivity contribution in [1.82, 2.24) is 4.90 Å². The van der Waals surface area contributed by atoms with Gasteiger partial charge in [-0.1, -0.05) is 128 Å². The van der Waals surface area contributed by atoms with E-state index in [9.17, 15) is 4.79 Å². The van der Waals surface area contributed by atoms with Crippen molar-refractivity contribution in [3.8, 4) is 0 Å². The van der Waals surface area contributed by atoms with Gasteiger partial charge in [0.05, 0.1) is 0 Å². The largest absolute Gasteiger partial charge is 0.481 e. The molecule has 0 fully saturated rings. The predicted octanol–water partition coefficient (Wildman–Crippen LogP) is 10.2. The molecule has 0 rings (SSSR count). The van der Waals surface area contributed by atoms with Crippen LogP contribution in [0.2, 0.25) is 0 Å². The zero-order valence-corrected chi connectivity index (χ0v) is 24.2. The predicted molar refractivity (Wildman–Crippen MR) is 155 cm³/mol. The van der Waals surface area contributed by atoms with Crippen molar-refractivity contribution in [2.24, 2.45) is 5.92 Å². The fraction of sp³-hybridized carbons (Fsp3) is 0.906. The molecule has 0 bridgehead atoms. The molecule has 1 atom stereocenters. The van der Waals surface area contributed by atoms with Crippen LogP contribution in [0.25, 0.3) is 0 Å². The summed E-state index contributed by atoms with van der Waals surface area (Å²) in [4.78, 5) is 12.8. The van der Waals surface area contributed by atoms with Crippen LogP contribution in [-0.2, 0) is 4.79 Å². The van der Waals surface area contributed by atoms with Crippen LogP contribution in [-0.4, -0.2) is 36.6 Å². The van der Waals surface area contributed by atoms with Gasteiger partial charge in [-0.2, -0.15) is 0 Å². The summed E-state index contributed by atoms with van der Waals surface area (Å²) in [5.74, 6) is 0.294. The van der Waals surface area contributed by atoms with Gasteiger partial charge in [-0.05, 0) is 65.1 Å². The lowest BCUT2D eigenvalue weighted by Gasteiger charge is -2.19. The van der Waals surface area contributed by atoms with Crippen LogP contribution in [0.3, 0.4) is 0 Å². The van der Waals surface area contributed by atoms with Gasteiger partial charge in [0.25, 0.3) is 0 Å². The quantitative estimate of drug-likeness (QED) is 0.0870. The SMILES string of the molecule is CCCCCCCC(CCCCCCCCCCC=CCCCCCCCC(=O)O)CCN(C)C. The normalized spacial score (nSPS) is 12.7. The maximum absolute atomic E-state index is 10.5. The number of carbonyl (C=O) groups is 1. The van der Waals surface area contributed by atoms with E-state index < -0.39 is 5.97 Å². The van der Waals surface area contributed by atoms with Crippen LogP contribution in [0.5, 0.6) is 0 Å². The molecule has 0 aromatic rings. The minimum Gasteiger partial charge on any atom is -0.481 e. The van der Waals surface area contributed by atoms with Gasteiger partial charge >= 0.3 is 5.97 Å². The molecule has 0 aliphatic rings. The molecule has 1 unspecified atom stereocenters. The van der Waals surface area contributed by atoms with Gasteiger partial charge in [0.15, 0.2) is 0 Å². The van der Waals surface area contributed by atoms with E-state index in [1.54, 1.807) is 0 Å². The average Bonchev–Trinajstić information content (AvgIpc) is 2.82. The van der Waals surface area contributed by atoms with Crippen molar-refractivity contribution in [2.45, 2.75) is 161 Å². The third-order valence-corrected chi connectivity index (χ3v) is 7.36. The summed E-state index contributed by atoms with van der Waals surface area (Å²) in [5, 5.41) is 8.62. The first-order chi connectivity index (χ1) is 17.1.